The quantitative estimate of drug-likeness (QED) is 0.855. The van der Waals surface area contributed by atoms with Gasteiger partial charge in [-0.05, 0) is 31.1 Å². The van der Waals surface area contributed by atoms with Crippen LogP contribution in [0.15, 0.2) is 36.7 Å². The summed E-state index contributed by atoms with van der Waals surface area (Å²) in [4.78, 5) is 6.63. The van der Waals surface area contributed by atoms with E-state index in [2.05, 4.69) is 45.8 Å². The largest absolute Gasteiger partial charge is 0.337 e. The first kappa shape index (κ1) is 13.8. The molecule has 1 aromatic carbocycles. The van der Waals surface area contributed by atoms with Crippen LogP contribution in [0.2, 0.25) is 0 Å². The summed E-state index contributed by atoms with van der Waals surface area (Å²) in [5.74, 6) is 1.08. The summed E-state index contributed by atoms with van der Waals surface area (Å²) in [6.07, 6.45) is 4.75. The molecule has 19 heavy (non-hydrogen) atoms. The minimum atomic E-state index is 0.695. The summed E-state index contributed by atoms with van der Waals surface area (Å²) < 4.78 is 2.06. The van der Waals surface area contributed by atoms with Crippen molar-refractivity contribution in [3.8, 4) is 0 Å². The predicted molar refractivity (Wildman–Crippen MR) is 77.6 cm³/mol. The maximum atomic E-state index is 5.66. The number of nitrogens with zero attached hydrogens (tertiary/aromatic N) is 3. The molecule has 1 aromatic heterocycles. The molecule has 0 aliphatic heterocycles. The Bertz CT molecular complexity index is 518. The second-order valence-electron chi connectivity index (χ2n) is 4.93. The molecule has 0 aliphatic rings. The van der Waals surface area contributed by atoms with Crippen LogP contribution in [0.1, 0.15) is 17.0 Å². The first-order chi connectivity index (χ1) is 9.20. The Morgan fingerprint density at radius 1 is 1.21 bits per heavy atom. The van der Waals surface area contributed by atoms with E-state index in [9.17, 15) is 0 Å². The van der Waals surface area contributed by atoms with E-state index in [1.54, 1.807) is 0 Å². The van der Waals surface area contributed by atoms with Gasteiger partial charge in [0.1, 0.15) is 5.82 Å². The molecule has 1 heterocycles. The number of hydrogen-bond donors (Lipinski definition) is 1. The maximum Gasteiger partial charge on any atom is 0.122 e. The SMILES string of the molecule is CN(Cc1ccccc1CCN)Cc1nccn1C. The molecule has 4 nitrogen and oxygen atoms in total. The molecule has 0 bridgehead atoms. The van der Waals surface area contributed by atoms with Gasteiger partial charge in [-0.2, -0.15) is 0 Å². The number of nitrogens with two attached hydrogens (primary N) is 1. The number of rotatable bonds is 6. The van der Waals surface area contributed by atoms with Gasteiger partial charge in [0.05, 0.1) is 6.54 Å². The molecule has 4 heteroatoms. The Balaban J connectivity index is 2.02. The number of aryl methyl sites for hydroxylation is 1. The van der Waals surface area contributed by atoms with Crippen molar-refractivity contribution in [1.29, 1.82) is 0 Å². The van der Waals surface area contributed by atoms with Gasteiger partial charge in [0.2, 0.25) is 0 Å². The molecule has 0 saturated carbocycles. The van der Waals surface area contributed by atoms with Gasteiger partial charge < -0.3 is 10.3 Å². The third kappa shape index (κ3) is 3.66. The lowest BCUT2D eigenvalue weighted by molar-refractivity contribution is 0.306. The lowest BCUT2D eigenvalue weighted by Crippen LogP contribution is -2.20. The van der Waals surface area contributed by atoms with Crippen LogP contribution in [-0.4, -0.2) is 28.0 Å². The van der Waals surface area contributed by atoms with Crippen LogP contribution in [-0.2, 0) is 26.6 Å². The summed E-state index contributed by atoms with van der Waals surface area (Å²) in [6.45, 7) is 2.46. The molecule has 0 amide bonds. The summed E-state index contributed by atoms with van der Waals surface area (Å²) >= 11 is 0. The van der Waals surface area contributed by atoms with Crippen LogP contribution in [0.25, 0.3) is 0 Å². The zero-order valence-electron chi connectivity index (χ0n) is 11.7. The maximum absolute atomic E-state index is 5.66. The molecule has 0 saturated heterocycles. The molecular weight excluding hydrogens is 236 g/mol. The Hall–Kier alpha value is -1.65. The smallest absolute Gasteiger partial charge is 0.122 e. The van der Waals surface area contributed by atoms with Crippen molar-refractivity contribution >= 4 is 0 Å². The standard InChI is InChI=1S/C15H22N4/c1-18(12-15-17-9-10-19(15)2)11-14-6-4-3-5-13(14)7-8-16/h3-6,9-10H,7-8,11-12,16H2,1-2H3. The Morgan fingerprint density at radius 3 is 2.58 bits per heavy atom. The Kier molecular flexibility index (Phi) is 4.71. The lowest BCUT2D eigenvalue weighted by Gasteiger charge is -2.18. The predicted octanol–water partition coefficient (Wildman–Crippen LogP) is 1.55. The first-order valence-corrected chi connectivity index (χ1v) is 6.62. The van der Waals surface area contributed by atoms with Crippen LogP contribution in [0.3, 0.4) is 0 Å². The van der Waals surface area contributed by atoms with Crippen LogP contribution < -0.4 is 5.73 Å². The highest BCUT2D eigenvalue weighted by atomic mass is 15.1. The molecule has 0 radical (unpaired) electrons. The molecule has 0 fully saturated rings. The minimum absolute atomic E-state index is 0.695. The molecule has 102 valence electrons. The second-order valence-corrected chi connectivity index (χ2v) is 4.93. The van der Waals surface area contributed by atoms with Crippen molar-refractivity contribution in [1.82, 2.24) is 14.5 Å². The number of benzene rings is 1. The summed E-state index contributed by atoms with van der Waals surface area (Å²) in [6, 6.07) is 8.51. The fourth-order valence-corrected chi connectivity index (χ4v) is 2.25. The normalized spacial score (nSPS) is 11.2. The second kappa shape index (κ2) is 6.50. The molecule has 0 unspecified atom stereocenters. The molecular formula is C15H22N4. The third-order valence-corrected chi connectivity index (χ3v) is 3.30. The van der Waals surface area contributed by atoms with Crippen LogP contribution >= 0.6 is 0 Å². The lowest BCUT2D eigenvalue weighted by atomic mass is 10.0. The van der Waals surface area contributed by atoms with Crippen LogP contribution in [0, 0.1) is 0 Å². The van der Waals surface area contributed by atoms with Crippen LogP contribution in [0.4, 0.5) is 0 Å². The zero-order chi connectivity index (χ0) is 13.7. The Labute approximate surface area is 114 Å². The average Bonchev–Trinajstić information content (AvgIpc) is 2.78. The first-order valence-electron chi connectivity index (χ1n) is 6.62. The van der Waals surface area contributed by atoms with E-state index in [1.807, 2.05) is 19.4 Å². The van der Waals surface area contributed by atoms with Gasteiger partial charge in [-0.3, -0.25) is 4.90 Å². The number of hydrogen-bond acceptors (Lipinski definition) is 3. The fourth-order valence-electron chi connectivity index (χ4n) is 2.25. The van der Waals surface area contributed by atoms with E-state index in [0.717, 1.165) is 25.3 Å². The van der Waals surface area contributed by atoms with Crippen molar-refractivity contribution in [2.45, 2.75) is 19.5 Å². The van der Waals surface area contributed by atoms with Gasteiger partial charge in [-0.15, -0.1) is 0 Å². The fraction of sp³-hybridized carbons (Fsp3) is 0.400. The zero-order valence-corrected chi connectivity index (χ0v) is 11.7. The molecule has 2 rings (SSSR count). The van der Waals surface area contributed by atoms with Crippen molar-refractivity contribution in [3.05, 3.63) is 53.6 Å². The number of aromatic nitrogens is 2. The summed E-state index contributed by atoms with van der Waals surface area (Å²) in [5, 5.41) is 0. The van der Waals surface area contributed by atoms with E-state index in [4.69, 9.17) is 5.73 Å². The van der Waals surface area contributed by atoms with Gasteiger partial charge >= 0.3 is 0 Å². The van der Waals surface area contributed by atoms with E-state index in [1.165, 1.54) is 11.1 Å². The average molecular weight is 258 g/mol. The van der Waals surface area contributed by atoms with Crippen molar-refractivity contribution in [2.75, 3.05) is 13.6 Å². The van der Waals surface area contributed by atoms with E-state index in [-0.39, 0.29) is 0 Å². The van der Waals surface area contributed by atoms with Gasteiger partial charge in [-0.1, -0.05) is 24.3 Å². The van der Waals surface area contributed by atoms with Crippen molar-refractivity contribution in [2.24, 2.45) is 12.8 Å². The molecule has 0 spiro atoms. The highest BCUT2D eigenvalue weighted by Crippen LogP contribution is 2.12. The number of imidazole rings is 1. The minimum Gasteiger partial charge on any atom is -0.337 e. The Morgan fingerprint density at radius 2 is 1.95 bits per heavy atom. The van der Waals surface area contributed by atoms with Crippen molar-refractivity contribution < 1.29 is 0 Å². The van der Waals surface area contributed by atoms with Crippen LogP contribution in [0.5, 0.6) is 0 Å². The summed E-state index contributed by atoms with van der Waals surface area (Å²) in [7, 11) is 4.15. The molecule has 0 aliphatic carbocycles. The van der Waals surface area contributed by atoms with E-state index >= 15 is 0 Å². The van der Waals surface area contributed by atoms with Gasteiger partial charge in [0.15, 0.2) is 0 Å². The highest BCUT2D eigenvalue weighted by Gasteiger charge is 2.07. The van der Waals surface area contributed by atoms with E-state index < -0.39 is 0 Å². The van der Waals surface area contributed by atoms with Gasteiger partial charge in [0.25, 0.3) is 0 Å². The molecule has 0 atom stereocenters. The highest BCUT2D eigenvalue weighted by molar-refractivity contribution is 5.27. The summed E-state index contributed by atoms with van der Waals surface area (Å²) in [5.41, 5.74) is 8.36. The molecule has 2 N–H and O–H groups in total. The van der Waals surface area contributed by atoms with Gasteiger partial charge in [0, 0.05) is 26.0 Å². The monoisotopic (exact) mass is 258 g/mol. The van der Waals surface area contributed by atoms with Gasteiger partial charge in [-0.25, -0.2) is 4.98 Å². The van der Waals surface area contributed by atoms with Crippen molar-refractivity contribution in [3.63, 3.8) is 0 Å². The topological polar surface area (TPSA) is 47.1 Å². The van der Waals surface area contributed by atoms with E-state index in [0.29, 0.717) is 6.54 Å². The third-order valence-electron chi connectivity index (χ3n) is 3.30. The molecule has 2 aromatic rings.